The van der Waals surface area contributed by atoms with E-state index in [0.717, 1.165) is 16.7 Å². The van der Waals surface area contributed by atoms with Gasteiger partial charge in [-0.05, 0) is 23.6 Å². The molecule has 0 saturated heterocycles. The maximum Gasteiger partial charge on any atom is 0.303 e. The Morgan fingerprint density at radius 3 is 2.80 bits per heavy atom. The maximum absolute atomic E-state index is 10.8. The van der Waals surface area contributed by atoms with E-state index in [-0.39, 0.29) is 12.3 Å². The summed E-state index contributed by atoms with van der Waals surface area (Å²) < 4.78 is 0. The van der Waals surface area contributed by atoms with Crippen LogP contribution in [0, 0.1) is 0 Å². The predicted molar refractivity (Wildman–Crippen MR) is 80.4 cm³/mol. The van der Waals surface area contributed by atoms with E-state index in [4.69, 9.17) is 28.3 Å². The van der Waals surface area contributed by atoms with Crippen molar-refractivity contribution in [3.8, 4) is 11.1 Å². The molecule has 104 valence electrons. The molecule has 20 heavy (non-hydrogen) atoms. The van der Waals surface area contributed by atoms with Crippen molar-refractivity contribution in [1.82, 2.24) is 4.98 Å². The van der Waals surface area contributed by atoms with E-state index < -0.39 is 5.97 Å². The lowest BCUT2D eigenvalue weighted by Crippen LogP contribution is -2.03. The Morgan fingerprint density at radius 1 is 1.35 bits per heavy atom. The first-order valence-corrected chi connectivity index (χ1v) is 6.85. The van der Waals surface area contributed by atoms with Gasteiger partial charge in [-0.25, -0.2) is 0 Å². The standard InChI is InChI=1S/C15H13Cl2NO2/c1-9(5-14(19)20)10-6-11(8-18-7-10)12-3-2-4-13(16)15(12)17/h2-4,6-9H,5H2,1H3,(H,19,20). The van der Waals surface area contributed by atoms with Crippen molar-refractivity contribution in [2.24, 2.45) is 0 Å². The fourth-order valence-electron chi connectivity index (χ4n) is 1.98. The number of nitrogens with zero attached hydrogens (tertiary/aromatic N) is 1. The van der Waals surface area contributed by atoms with Gasteiger partial charge in [0.25, 0.3) is 0 Å². The first-order valence-electron chi connectivity index (χ1n) is 6.10. The number of halogens is 2. The van der Waals surface area contributed by atoms with Gasteiger partial charge in [0.05, 0.1) is 16.5 Å². The number of rotatable bonds is 4. The first kappa shape index (κ1) is 14.8. The van der Waals surface area contributed by atoms with Crippen LogP contribution < -0.4 is 0 Å². The van der Waals surface area contributed by atoms with Gasteiger partial charge in [-0.1, -0.05) is 42.3 Å². The molecule has 0 fully saturated rings. The molecule has 1 atom stereocenters. The Labute approximate surface area is 127 Å². The van der Waals surface area contributed by atoms with Crippen LogP contribution in [0.1, 0.15) is 24.8 Å². The Balaban J connectivity index is 2.39. The molecule has 0 saturated carbocycles. The number of aliphatic carboxylic acids is 1. The summed E-state index contributed by atoms with van der Waals surface area (Å²) in [5.41, 5.74) is 2.48. The molecule has 2 aromatic rings. The molecular formula is C15H13Cl2NO2. The molecule has 2 rings (SSSR count). The fourth-order valence-corrected chi connectivity index (χ4v) is 2.39. The van der Waals surface area contributed by atoms with Crippen LogP contribution in [0.4, 0.5) is 0 Å². The SMILES string of the molecule is CC(CC(=O)O)c1cncc(-c2cccc(Cl)c2Cl)c1. The van der Waals surface area contributed by atoms with Crippen LogP contribution in [0.5, 0.6) is 0 Å². The number of carboxylic acid groups (broad SMARTS) is 1. The van der Waals surface area contributed by atoms with Gasteiger partial charge in [0, 0.05) is 23.5 Å². The van der Waals surface area contributed by atoms with Crippen molar-refractivity contribution in [3.63, 3.8) is 0 Å². The Kier molecular flexibility index (Phi) is 4.63. The number of benzene rings is 1. The highest BCUT2D eigenvalue weighted by Crippen LogP contribution is 2.34. The highest BCUT2D eigenvalue weighted by atomic mass is 35.5. The number of pyridine rings is 1. The molecule has 0 aliphatic heterocycles. The third-order valence-corrected chi connectivity index (χ3v) is 3.89. The summed E-state index contributed by atoms with van der Waals surface area (Å²) in [7, 11) is 0. The van der Waals surface area contributed by atoms with Crippen LogP contribution in [-0.2, 0) is 4.79 Å². The van der Waals surface area contributed by atoms with E-state index in [2.05, 4.69) is 4.98 Å². The average molecular weight is 310 g/mol. The molecule has 0 bridgehead atoms. The summed E-state index contributed by atoms with van der Waals surface area (Å²) in [6.07, 6.45) is 3.43. The smallest absolute Gasteiger partial charge is 0.303 e. The maximum atomic E-state index is 10.8. The van der Waals surface area contributed by atoms with Gasteiger partial charge in [0.2, 0.25) is 0 Å². The van der Waals surface area contributed by atoms with Gasteiger partial charge in [-0.15, -0.1) is 0 Å². The number of carbonyl (C=O) groups is 1. The lowest BCUT2D eigenvalue weighted by atomic mass is 9.96. The van der Waals surface area contributed by atoms with E-state index >= 15 is 0 Å². The van der Waals surface area contributed by atoms with Gasteiger partial charge in [-0.3, -0.25) is 9.78 Å². The molecule has 0 aliphatic carbocycles. The largest absolute Gasteiger partial charge is 0.481 e. The van der Waals surface area contributed by atoms with Gasteiger partial charge < -0.3 is 5.11 Å². The first-order chi connectivity index (χ1) is 9.49. The zero-order valence-corrected chi connectivity index (χ0v) is 12.3. The second-order valence-electron chi connectivity index (χ2n) is 4.61. The Morgan fingerprint density at radius 2 is 2.10 bits per heavy atom. The molecule has 1 aromatic heterocycles. The van der Waals surface area contributed by atoms with Crippen molar-refractivity contribution < 1.29 is 9.90 Å². The van der Waals surface area contributed by atoms with Crippen molar-refractivity contribution in [1.29, 1.82) is 0 Å². The summed E-state index contributed by atoms with van der Waals surface area (Å²) >= 11 is 12.2. The fraction of sp³-hybridized carbons (Fsp3) is 0.200. The molecule has 0 amide bonds. The summed E-state index contributed by atoms with van der Waals surface area (Å²) in [5.74, 6) is -0.943. The van der Waals surface area contributed by atoms with E-state index in [1.54, 1.807) is 18.5 Å². The Hall–Kier alpha value is -1.58. The summed E-state index contributed by atoms with van der Waals surface area (Å²) in [4.78, 5) is 14.9. The van der Waals surface area contributed by atoms with Gasteiger partial charge >= 0.3 is 5.97 Å². The Bertz CT molecular complexity index is 644. The molecule has 1 unspecified atom stereocenters. The molecule has 1 aromatic carbocycles. The number of hydrogen-bond acceptors (Lipinski definition) is 2. The lowest BCUT2D eigenvalue weighted by molar-refractivity contribution is -0.137. The minimum absolute atomic E-state index is 0.0639. The lowest BCUT2D eigenvalue weighted by Gasteiger charge is -2.11. The monoisotopic (exact) mass is 309 g/mol. The minimum Gasteiger partial charge on any atom is -0.481 e. The van der Waals surface area contributed by atoms with Gasteiger partial charge in [0.1, 0.15) is 0 Å². The molecular weight excluding hydrogens is 297 g/mol. The predicted octanol–water partition coefficient (Wildman–Crippen LogP) is 4.63. The van der Waals surface area contributed by atoms with E-state index in [9.17, 15) is 4.79 Å². The van der Waals surface area contributed by atoms with Crippen molar-refractivity contribution in [3.05, 3.63) is 52.3 Å². The second-order valence-corrected chi connectivity index (χ2v) is 5.39. The number of hydrogen-bond donors (Lipinski definition) is 1. The van der Waals surface area contributed by atoms with Crippen molar-refractivity contribution in [2.75, 3.05) is 0 Å². The van der Waals surface area contributed by atoms with Crippen LogP contribution in [0.3, 0.4) is 0 Å². The van der Waals surface area contributed by atoms with Crippen molar-refractivity contribution in [2.45, 2.75) is 19.3 Å². The molecule has 1 N–H and O–H groups in total. The second kappa shape index (κ2) is 6.25. The quantitative estimate of drug-likeness (QED) is 0.895. The van der Waals surface area contributed by atoms with Gasteiger partial charge in [0.15, 0.2) is 0 Å². The van der Waals surface area contributed by atoms with E-state index in [1.165, 1.54) is 0 Å². The van der Waals surface area contributed by atoms with Crippen molar-refractivity contribution >= 4 is 29.2 Å². The molecule has 5 heteroatoms. The van der Waals surface area contributed by atoms with Gasteiger partial charge in [-0.2, -0.15) is 0 Å². The topological polar surface area (TPSA) is 50.2 Å². The highest BCUT2D eigenvalue weighted by Gasteiger charge is 2.13. The summed E-state index contributed by atoms with van der Waals surface area (Å²) in [5, 5.41) is 9.80. The number of aromatic nitrogens is 1. The molecule has 0 spiro atoms. The van der Waals surface area contributed by atoms with Crippen LogP contribution in [-0.4, -0.2) is 16.1 Å². The van der Waals surface area contributed by atoms with Crippen LogP contribution >= 0.6 is 23.2 Å². The molecule has 0 aliphatic rings. The van der Waals surface area contributed by atoms with Crippen LogP contribution in [0.25, 0.3) is 11.1 Å². The third kappa shape index (κ3) is 3.30. The normalized spacial score (nSPS) is 12.2. The van der Waals surface area contributed by atoms with E-state index in [1.807, 2.05) is 25.1 Å². The zero-order valence-electron chi connectivity index (χ0n) is 10.8. The molecule has 0 radical (unpaired) electrons. The summed E-state index contributed by atoms with van der Waals surface area (Å²) in [6.45, 7) is 1.86. The van der Waals surface area contributed by atoms with Crippen LogP contribution in [0.15, 0.2) is 36.7 Å². The third-order valence-electron chi connectivity index (χ3n) is 3.07. The highest BCUT2D eigenvalue weighted by molar-refractivity contribution is 6.43. The molecule has 3 nitrogen and oxygen atoms in total. The average Bonchev–Trinajstić information content (AvgIpc) is 2.41. The van der Waals surface area contributed by atoms with E-state index in [0.29, 0.717) is 10.0 Å². The molecule has 1 heterocycles. The minimum atomic E-state index is -0.830. The van der Waals surface area contributed by atoms with Crippen LogP contribution in [0.2, 0.25) is 10.0 Å². The number of carboxylic acids is 1. The zero-order chi connectivity index (χ0) is 14.7. The summed E-state index contributed by atoms with van der Waals surface area (Å²) in [6, 6.07) is 7.30.